The molecule has 0 unspecified atom stereocenters. The molecule has 1 aromatic rings. The molecule has 0 bridgehead atoms. The van der Waals surface area contributed by atoms with Crippen LogP contribution in [0.1, 0.15) is 44.2 Å². The van der Waals surface area contributed by atoms with Crippen LogP contribution in [-0.4, -0.2) is 18.0 Å². The molecule has 1 heteroatoms. The summed E-state index contributed by atoms with van der Waals surface area (Å²) in [6, 6.07) is 9.23. The van der Waals surface area contributed by atoms with Crippen LogP contribution in [-0.2, 0) is 13.0 Å². The molecular formula is C16H25N. The molecule has 0 atom stereocenters. The van der Waals surface area contributed by atoms with Crippen molar-refractivity contribution in [3.8, 4) is 0 Å². The van der Waals surface area contributed by atoms with Crippen LogP contribution in [0.4, 0.5) is 0 Å². The van der Waals surface area contributed by atoms with Crippen molar-refractivity contribution in [1.82, 2.24) is 4.90 Å². The number of hydrogen-bond donors (Lipinski definition) is 0. The molecule has 1 fully saturated rings. The van der Waals surface area contributed by atoms with Crippen LogP contribution in [0.2, 0.25) is 0 Å². The van der Waals surface area contributed by atoms with Crippen molar-refractivity contribution in [2.24, 2.45) is 5.92 Å². The van der Waals surface area contributed by atoms with E-state index in [9.17, 15) is 0 Å². The first-order chi connectivity index (χ1) is 8.24. The molecule has 0 aromatic heterocycles. The Morgan fingerprint density at radius 2 is 1.53 bits per heavy atom. The third-order valence-corrected chi connectivity index (χ3v) is 3.52. The summed E-state index contributed by atoms with van der Waals surface area (Å²) in [5.41, 5.74) is 2.95. The zero-order valence-electron chi connectivity index (χ0n) is 11.3. The lowest BCUT2D eigenvalue weighted by atomic mass is 10.0. The van der Waals surface area contributed by atoms with Gasteiger partial charge in [0.1, 0.15) is 0 Å². The van der Waals surface area contributed by atoms with Gasteiger partial charge < -0.3 is 0 Å². The van der Waals surface area contributed by atoms with Gasteiger partial charge in [0, 0.05) is 6.54 Å². The highest BCUT2D eigenvalue weighted by atomic mass is 15.1. The second-order valence-electron chi connectivity index (χ2n) is 5.75. The Kier molecular flexibility index (Phi) is 4.61. The summed E-state index contributed by atoms with van der Waals surface area (Å²) >= 11 is 0. The van der Waals surface area contributed by atoms with Crippen molar-refractivity contribution in [3.63, 3.8) is 0 Å². The van der Waals surface area contributed by atoms with Gasteiger partial charge in [-0.3, -0.25) is 4.90 Å². The molecule has 0 N–H and O–H groups in total. The Labute approximate surface area is 106 Å². The lowest BCUT2D eigenvalue weighted by Crippen LogP contribution is -2.29. The molecule has 2 rings (SSSR count). The number of nitrogens with zero attached hydrogens (tertiary/aromatic N) is 1. The summed E-state index contributed by atoms with van der Waals surface area (Å²) < 4.78 is 0. The molecule has 1 aromatic carbocycles. The molecule has 0 spiro atoms. The summed E-state index contributed by atoms with van der Waals surface area (Å²) in [4.78, 5) is 2.58. The maximum Gasteiger partial charge on any atom is 0.0233 e. The van der Waals surface area contributed by atoms with Gasteiger partial charge in [0.25, 0.3) is 0 Å². The Bertz CT molecular complexity index is 320. The highest BCUT2D eigenvalue weighted by Gasteiger charge is 2.10. The van der Waals surface area contributed by atoms with E-state index < -0.39 is 0 Å². The average Bonchev–Trinajstić information content (AvgIpc) is 2.32. The third-order valence-electron chi connectivity index (χ3n) is 3.52. The van der Waals surface area contributed by atoms with Gasteiger partial charge in [-0.05, 0) is 49.4 Å². The van der Waals surface area contributed by atoms with E-state index in [1.54, 1.807) is 0 Å². The highest BCUT2D eigenvalue weighted by molar-refractivity contribution is 5.22. The number of rotatable bonds is 4. The van der Waals surface area contributed by atoms with E-state index in [4.69, 9.17) is 0 Å². The predicted octanol–water partition coefficient (Wildman–Crippen LogP) is 3.87. The van der Waals surface area contributed by atoms with Crippen LogP contribution in [0.3, 0.4) is 0 Å². The summed E-state index contributed by atoms with van der Waals surface area (Å²) in [6.45, 7) is 8.27. The van der Waals surface area contributed by atoms with Crippen LogP contribution in [0, 0.1) is 5.92 Å². The van der Waals surface area contributed by atoms with Gasteiger partial charge in [0.05, 0.1) is 0 Å². The number of piperidine rings is 1. The first-order valence-electron chi connectivity index (χ1n) is 7.04. The standard InChI is InChI=1S/C16H25N/c1-14(2)12-15-6-8-16(9-7-15)13-17-10-4-3-5-11-17/h6-9,14H,3-5,10-13H2,1-2H3. The van der Waals surface area contributed by atoms with Gasteiger partial charge >= 0.3 is 0 Å². The predicted molar refractivity (Wildman–Crippen MR) is 74.1 cm³/mol. The minimum atomic E-state index is 0.753. The zero-order chi connectivity index (χ0) is 12.1. The maximum atomic E-state index is 2.58. The summed E-state index contributed by atoms with van der Waals surface area (Å²) in [7, 11) is 0. The van der Waals surface area contributed by atoms with Crippen molar-refractivity contribution in [3.05, 3.63) is 35.4 Å². The quantitative estimate of drug-likeness (QED) is 0.760. The van der Waals surface area contributed by atoms with E-state index in [2.05, 4.69) is 43.0 Å². The molecule has 1 nitrogen and oxygen atoms in total. The molecule has 0 aliphatic carbocycles. The summed E-state index contributed by atoms with van der Waals surface area (Å²) in [5, 5.41) is 0. The van der Waals surface area contributed by atoms with E-state index in [1.165, 1.54) is 49.9 Å². The lowest BCUT2D eigenvalue weighted by molar-refractivity contribution is 0.221. The van der Waals surface area contributed by atoms with E-state index >= 15 is 0 Å². The first-order valence-corrected chi connectivity index (χ1v) is 7.04. The molecule has 17 heavy (non-hydrogen) atoms. The van der Waals surface area contributed by atoms with Crippen LogP contribution in [0.5, 0.6) is 0 Å². The minimum Gasteiger partial charge on any atom is -0.299 e. The summed E-state index contributed by atoms with van der Waals surface area (Å²) in [5.74, 6) is 0.753. The molecular weight excluding hydrogens is 206 g/mol. The van der Waals surface area contributed by atoms with Crippen LogP contribution in [0.25, 0.3) is 0 Å². The topological polar surface area (TPSA) is 3.24 Å². The van der Waals surface area contributed by atoms with Gasteiger partial charge in [-0.2, -0.15) is 0 Å². The molecule has 1 heterocycles. The van der Waals surface area contributed by atoms with E-state index in [1.807, 2.05) is 0 Å². The second-order valence-corrected chi connectivity index (χ2v) is 5.75. The zero-order valence-corrected chi connectivity index (χ0v) is 11.3. The van der Waals surface area contributed by atoms with Gasteiger partial charge in [-0.15, -0.1) is 0 Å². The maximum absolute atomic E-state index is 2.58. The van der Waals surface area contributed by atoms with E-state index in [0.717, 1.165) is 12.5 Å². The van der Waals surface area contributed by atoms with Crippen molar-refractivity contribution in [1.29, 1.82) is 0 Å². The minimum absolute atomic E-state index is 0.753. The molecule has 94 valence electrons. The van der Waals surface area contributed by atoms with Crippen molar-refractivity contribution >= 4 is 0 Å². The second kappa shape index (κ2) is 6.20. The average molecular weight is 231 g/mol. The molecule has 1 saturated heterocycles. The molecule has 0 saturated carbocycles. The Morgan fingerprint density at radius 3 is 2.12 bits per heavy atom. The van der Waals surface area contributed by atoms with Gasteiger partial charge in [0.2, 0.25) is 0 Å². The molecule has 0 amide bonds. The van der Waals surface area contributed by atoms with Crippen LogP contribution >= 0.6 is 0 Å². The fraction of sp³-hybridized carbons (Fsp3) is 0.625. The van der Waals surface area contributed by atoms with Gasteiger partial charge in [-0.25, -0.2) is 0 Å². The van der Waals surface area contributed by atoms with Crippen LogP contribution < -0.4 is 0 Å². The normalized spacial score (nSPS) is 17.6. The first kappa shape index (κ1) is 12.6. The fourth-order valence-electron chi connectivity index (χ4n) is 2.63. The number of likely N-dealkylation sites (tertiary alicyclic amines) is 1. The molecule has 1 aliphatic heterocycles. The van der Waals surface area contributed by atoms with Crippen molar-refractivity contribution in [2.45, 2.75) is 46.1 Å². The molecule has 1 aliphatic rings. The van der Waals surface area contributed by atoms with Crippen molar-refractivity contribution < 1.29 is 0 Å². The Hall–Kier alpha value is -0.820. The largest absolute Gasteiger partial charge is 0.299 e. The van der Waals surface area contributed by atoms with Gasteiger partial charge in [-0.1, -0.05) is 44.5 Å². The Morgan fingerprint density at radius 1 is 0.941 bits per heavy atom. The van der Waals surface area contributed by atoms with E-state index in [0.29, 0.717) is 0 Å². The summed E-state index contributed by atoms with van der Waals surface area (Å²) in [6.07, 6.45) is 5.38. The van der Waals surface area contributed by atoms with E-state index in [-0.39, 0.29) is 0 Å². The fourth-order valence-corrected chi connectivity index (χ4v) is 2.63. The highest BCUT2D eigenvalue weighted by Crippen LogP contribution is 2.14. The van der Waals surface area contributed by atoms with Gasteiger partial charge in [0.15, 0.2) is 0 Å². The number of hydrogen-bond acceptors (Lipinski definition) is 1. The van der Waals surface area contributed by atoms with Crippen molar-refractivity contribution in [2.75, 3.05) is 13.1 Å². The molecule has 0 radical (unpaired) electrons. The lowest BCUT2D eigenvalue weighted by Gasteiger charge is -2.26. The number of benzene rings is 1. The monoisotopic (exact) mass is 231 g/mol. The Balaban J connectivity index is 1.88. The smallest absolute Gasteiger partial charge is 0.0233 e. The third kappa shape index (κ3) is 4.16. The SMILES string of the molecule is CC(C)Cc1ccc(CN2CCCCC2)cc1. The van der Waals surface area contributed by atoms with Crippen LogP contribution in [0.15, 0.2) is 24.3 Å².